The third kappa shape index (κ3) is 6.32. The number of carbonyl (C=O) groups excluding carboxylic acids is 1. The summed E-state index contributed by atoms with van der Waals surface area (Å²) in [5, 5.41) is 0. The van der Waals surface area contributed by atoms with E-state index in [4.69, 9.17) is 4.74 Å². The van der Waals surface area contributed by atoms with Gasteiger partial charge in [0.05, 0.1) is 13.0 Å². The van der Waals surface area contributed by atoms with Crippen LogP contribution in [0.2, 0.25) is 0 Å². The van der Waals surface area contributed by atoms with E-state index >= 15 is 0 Å². The smallest absolute Gasteiger partial charge is 0.310 e. The van der Waals surface area contributed by atoms with Gasteiger partial charge in [-0.3, -0.25) is 4.79 Å². The molecule has 3 heteroatoms. The first-order valence-corrected chi connectivity index (χ1v) is 4.83. The van der Waals surface area contributed by atoms with Crippen LogP contribution in [0.3, 0.4) is 0 Å². The van der Waals surface area contributed by atoms with Crippen LogP contribution < -0.4 is 0 Å². The van der Waals surface area contributed by atoms with E-state index in [-0.39, 0.29) is 5.97 Å². The highest BCUT2D eigenvalue weighted by Crippen LogP contribution is 2.00. The second-order valence-electron chi connectivity index (χ2n) is 2.88. The van der Waals surface area contributed by atoms with E-state index in [1.807, 2.05) is 37.3 Å². The fourth-order valence-electron chi connectivity index (χ4n) is 0.975. The highest BCUT2D eigenvalue weighted by atomic mass is 16.5. The van der Waals surface area contributed by atoms with Crippen LogP contribution in [0.25, 0.3) is 0 Å². The lowest BCUT2D eigenvalue weighted by atomic mass is 10.2. The third-order valence-electron chi connectivity index (χ3n) is 1.63. The van der Waals surface area contributed by atoms with Crippen molar-refractivity contribution < 1.29 is 14.3 Å². The summed E-state index contributed by atoms with van der Waals surface area (Å²) in [7, 11) is 0. The summed E-state index contributed by atoms with van der Waals surface area (Å²) in [4.78, 5) is 11.0. The van der Waals surface area contributed by atoms with Crippen LogP contribution in [-0.2, 0) is 20.7 Å². The maximum atomic E-state index is 11.0. The van der Waals surface area contributed by atoms with Gasteiger partial charge in [-0.15, -0.1) is 0 Å². The van der Waals surface area contributed by atoms with Gasteiger partial charge in [-0.1, -0.05) is 30.3 Å². The fraction of sp³-hybridized carbons (Fsp3) is 0.250. The molecule has 1 aliphatic rings. The average molecular weight is 206 g/mol. The van der Waals surface area contributed by atoms with Crippen molar-refractivity contribution in [3.05, 3.63) is 48.4 Å². The maximum absolute atomic E-state index is 11.0. The molecule has 0 unspecified atom stereocenters. The van der Waals surface area contributed by atoms with Crippen LogP contribution in [-0.4, -0.2) is 12.6 Å². The molecule has 0 N–H and O–H groups in total. The zero-order valence-electron chi connectivity index (χ0n) is 8.68. The molecule has 80 valence electrons. The van der Waals surface area contributed by atoms with Gasteiger partial charge in [0.15, 0.2) is 0 Å². The molecule has 0 bridgehead atoms. The predicted molar refractivity (Wildman–Crippen MR) is 57.0 cm³/mol. The Kier molecular flexibility index (Phi) is 5.01. The summed E-state index contributed by atoms with van der Waals surface area (Å²) in [6, 6.07) is 9.58. The van der Waals surface area contributed by atoms with E-state index in [0.717, 1.165) is 5.56 Å². The third-order valence-corrected chi connectivity index (χ3v) is 1.63. The van der Waals surface area contributed by atoms with E-state index in [0.29, 0.717) is 13.0 Å². The number of hydrogen-bond acceptors (Lipinski definition) is 3. The molecule has 1 aliphatic heterocycles. The van der Waals surface area contributed by atoms with Gasteiger partial charge in [0.2, 0.25) is 0 Å². The summed E-state index contributed by atoms with van der Waals surface area (Å²) < 4.78 is 9.06. The Morgan fingerprint density at radius 1 is 1.27 bits per heavy atom. The van der Waals surface area contributed by atoms with Crippen molar-refractivity contribution in [3.63, 3.8) is 0 Å². The normalized spacial score (nSPS) is 10.7. The minimum atomic E-state index is -0.163. The van der Waals surface area contributed by atoms with Gasteiger partial charge in [-0.05, 0) is 12.5 Å². The number of hydrogen-bond donors (Lipinski definition) is 0. The highest BCUT2D eigenvalue weighted by Gasteiger charge is 2.01. The Hall–Kier alpha value is -1.77. The standard InChI is InChI=1S/C10H12O2.C2H2O/c1-2-12-10(11)8-9-6-4-3-5-7-9;1-2-3-1/h3-7H,2,8H2,1H3;1-2H. The Balaban J connectivity index is 0.000000319. The van der Waals surface area contributed by atoms with Crippen molar-refractivity contribution >= 4 is 5.97 Å². The molecule has 1 aromatic carbocycles. The molecule has 15 heavy (non-hydrogen) atoms. The molecule has 2 rings (SSSR count). The van der Waals surface area contributed by atoms with Crippen molar-refractivity contribution in [3.8, 4) is 0 Å². The van der Waals surface area contributed by atoms with Crippen LogP contribution in [0.5, 0.6) is 0 Å². The Morgan fingerprint density at radius 3 is 2.33 bits per heavy atom. The van der Waals surface area contributed by atoms with Crippen LogP contribution >= 0.6 is 0 Å². The lowest BCUT2D eigenvalue weighted by molar-refractivity contribution is -0.142. The van der Waals surface area contributed by atoms with Gasteiger partial charge < -0.3 is 9.47 Å². The lowest BCUT2D eigenvalue weighted by Gasteiger charge is -2.00. The van der Waals surface area contributed by atoms with Crippen LogP contribution in [0, 0.1) is 0 Å². The summed E-state index contributed by atoms with van der Waals surface area (Å²) >= 11 is 0. The number of benzene rings is 1. The first-order valence-electron chi connectivity index (χ1n) is 4.83. The van der Waals surface area contributed by atoms with Crippen molar-refractivity contribution in [2.45, 2.75) is 13.3 Å². The van der Waals surface area contributed by atoms with Gasteiger partial charge in [0.1, 0.15) is 12.5 Å². The number of ether oxygens (including phenoxy) is 2. The number of carbonyl (C=O) groups is 1. The largest absolute Gasteiger partial charge is 0.466 e. The molecule has 0 fully saturated rings. The first kappa shape index (κ1) is 11.3. The number of esters is 1. The number of rotatable bonds is 3. The van der Waals surface area contributed by atoms with E-state index < -0.39 is 0 Å². The Bertz CT molecular complexity index is 313. The summed E-state index contributed by atoms with van der Waals surface area (Å²) in [5.41, 5.74) is 0.996. The summed E-state index contributed by atoms with van der Waals surface area (Å²) in [6.07, 6.45) is 3.62. The SMILES string of the molecule is C1=CO1.CCOC(=O)Cc1ccccc1. The van der Waals surface area contributed by atoms with E-state index in [9.17, 15) is 4.79 Å². The molecule has 3 nitrogen and oxygen atoms in total. The first-order chi connectivity index (χ1) is 7.33. The average Bonchev–Trinajstić information content (AvgIpc) is 3.06. The van der Waals surface area contributed by atoms with Gasteiger partial charge in [0, 0.05) is 0 Å². The monoisotopic (exact) mass is 206 g/mol. The zero-order chi connectivity index (χ0) is 10.9. The minimum Gasteiger partial charge on any atom is -0.466 e. The van der Waals surface area contributed by atoms with Crippen LogP contribution in [0.15, 0.2) is 42.9 Å². The maximum Gasteiger partial charge on any atom is 0.310 e. The molecule has 1 heterocycles. The zero-order valence-corrected chi connectivity index (χ0v) is 8.68. The fourth-order valence-corrected chi connectivity index (χ4v) is 0.975. The van der Waals surface area contributed by atoms with Crippen molar-refractivity contribution in [2.75, 3.05) is 6.61 Å². The second-order valence-corrected chi connectivity index (χ2v) is 2.88. The molecule has 0 amide bonds. The van der Waals surface area contributed by atoms with Crippen molar-refractivity contribution in [2.24, 2.45) is 0 Å². The molecular weight excluding hydrogens is 192 g/mol. The van der Waals surface area contributed by atoms with Crippen molar-refractivity contribution in [1.82, 2.24) is 0 Å². The van der Waals surface area contributed by atoms with Crippen LogP contribution in [0.4, 0.5) is 0 Å². The molecule has 1 aromatic rings. The highest BCUT2D eigenvalue weighted by molar-refractivity contribution is 5.72. The van der Waals surface area contributed by atoms with Gasteiger partial charge >= 0.3 is 5.97 Å². The molecule has 0 saturated carbocycles. The lowest BCUT2D eigenvalue weighted by Crippen LogP contribution is -2.06. The molecule has 0 aliphatic carbocycles. The van der Waals surface area contributed by atoms with E-state index in [2.05, 4.69) is 4.74 Å². The summed E-state index contributed by atoms with van der Waals surface area (Å²) in [5.74, 6) is -0.163. The van der Waals surface area contributed by atoms with Gasteiger partial charge in [0.25, 0.3) is 0 Å². The topological polar surface area (TPSA) is 38.8 Å². The van der Waals surface area contributed by atoms with E-state index in [1.165, 1.54) is 0 Å². The minimum absolute atomic E-state index is 0.163. The Morgan fingerprint density at radius 2 is 1.87 bits per heavy atom. The van der Waals surface area contributed by atoms with Gasteiger partial charge in [-0.25, -0.2) is 0 Å². The van der Waals surface area contributed by atoms with Gasteiger partial charge in [-0.2, -0.15) is 0 Å². The molecule has 0 radical (unpaired) electrons. The Labute approximate surface area is 89.3 Å². The quantitative estimate of drug-likeness (QED) is 0.712. The molecule has 0 spiro atoms. The van der Waals surface area contributed by atoms with E-state index in [1.54, 1.807) is 12.5 Å². The molecule has 0 aromatic heterocycles. The molecule has 0 saturated heterocycles. The molecular formula is C12H14O3. The second kappa shape index (κ2) is 6.65. The van der Waals surface area contributed by atoms with Crippen molar-refractivity contribution in [1.29, 1.82) is 0 Å². The van der Waals surface area contributed by atoms with Crippen LogP contribution in [0.1, 0.15) is 12.5 Å². The molecule has 0 atom stereocenters. The summed E-state index contributed by atoms with van der Waals surface area (Å²) in [6.45, 7) is 2.26. The predicted octanol–water partition coefficient (Wildman–Crippen LogP) is 2.28.